The van der Waals surface area contributed by atoms with Crippen LogP contribution >= 0.6 is 0 Å². The molecule has 1 spiro atoms. The van der Waals surface area contributed by atoms with Crippen LogP contribution in [0.3, 0.4) is 0 Å². The number of carbonyl (C=O) groups is 1. The molecule has 1 atom stereocenters. The Balaban J connectivity index is 1.20. The Morgan fingerprint density at radius 1 is 1.13 bits per heavy atom. The topological polar surface area (TPSA) is 72.3 Å². The fraction of sp³-hybridized carbons (Fsp3) is 0.625. The number of nitrogens with one attached hydrogen (secondary N) is 1. The molecule has 166 valence electrons. The van der Waals surface area contributed by atoms with E-state index in [1.165, 1.54) is 51.6 Å². The minimum Gasteiger partial charge on any atom is -0.365 e. The van der Waals surface area contributed by atoms with Crippen LogP contribution in [0, 0.1) is 5.92 Å². The Bertz CT molecular complexity index is 893. The molecule has 5 rings (SSSR count). The molecule has 2 aliphatic heterocycles. The van der Waals surface area contributed by atoms with E-state index in [2.05, 4.69) is 20.5 Å². The first-order valence-corrected chi connectivity index (χ1v) is 11.8. The number of benzene rings is 1. The van der Waals surface area contributed by atoms with Gasteiger partial charge in [0.1, 0.15) is 11.3 Å². The van der Waals surface area contributed by atoms with Crippen molar-refractivity contribution in [1.82, 2.24) is 25.2 Å². The molecule has 2 fully saturated rings. The lowest BCUT2D eigenvalue weighted by molar-refractivity contribution is -0.130. The van der Waals surface area contributed by atoms with E-state index >= 15 is 0 Å². The first-order valence-electron chi connectivity index (χ1n) is 11.8. The smallest absolute Gasteiger partial charge is 0.251 e. The molecule has 1 N–H and O–H groups in total. The van der Waals surface area contributed by atoms with Gasteiger partial charge in [-0.2, -0.15) is 0 Å². The van der Waals surface area contributed by atoms with E-state index < -0.39 is 0 Å². The maximum absolute atomic E-state index is 12.3. The zero-order chi connectivity index (χ0) is 21.1. The van der Waals surface area contributed by atoms with Gasteiger partial charge in [-0.1, -0.05) is 42.7 Å². The van der Waals surface area contributed by atoms with Gasteiger partial charge >= 0.3 is 0 Å². The molecule has 1 unspecified atom stereocenters. The van der Waals surface area contributed by atoms with Gasteiger partial charge in [-0.15, -0.1) is 5.10 Å². The first kappa shape index (κ1) is 20.6. The van der Waals surface area contributed by atoms with Crippen LogP contribution in [0.25, 0.3) is 0 Å². The van der Waals surface area contributed by atoms with E-state index in [9.17, 15) is 4.79 Å². The Morgan fingerprint density at radius 2 is 1.97 bits per heavy atom. The van der Waals surface area contributed by atoms with Crippen molar-refractivity contribution in [2.24, 2.45) is 5.92 Å². The maximum atomic E-state index is 12.3. The van der Waals surface area contributed by atoms with Crippen molar-refractivity contribution in [2.45, 2.75) is 70.2 Å². The molecule has 0 radical (unpaired) electrons. The number of ether oxygens (including phenoxy) is 1. The summed E-state index contributed by atoms with van der Waals surface area (Å²) in [5.74, 6) is 0.760. The van der Waals surface area contributed by atoms with Crippen molar-refractivity contribution >= 4 is 5.91 Å². The molecule has 1 aromatic heterocycles. The van der Waals surface area contributed by atoms with Gasteiger partial charge in [0.05, 0.1) is 25.4 Å². The summed E-state index contributed by atoms with van der Waals surface area (Å²) in [5.41, 5.74) is 2.29. The molecule has 1 amide bonds. The molecule has 7 nitrogen and oxygen atoms in total. The Labute approximate surface area is 184 Å². The lowest BCUT2D eigenvalue weighted by atomic mass is 9.86. The van der Waals surface area contributed by atoms with Gasteiger partial charge in [-0.3, -0.25) is 4.79 Å². The molecule has 31 heavy (non-hydrogen) atoms. The van der Waals surface area contributed by atoms with Crippen LogP contribution in [0.2, 0.25) is 0 Å². The zero-order valence-electron chi connectivity index (χ0n) is 18.3. The van der Waals surface area contributed by atoms with Crippen LogP contribution in [-0.2, 0) is 24.4 Å². The molecule has 3 heterocycles. The Kier molecular flexibility index (Phi) is 6.05. The van der Waals surface area contributed by atoms with E-state index in [0.29, 0.717) is 18.7 Å². The SMILES string of the molecule is O=C(NCc1nnn2c1COC1(CCCN(CC3CCCCC3)C1)C2)c1ccccc1. The minimum atomic E-state index is -0.155. The van der Waals surface area contributed by atoms with Gasteiger partial charge in [-0.05, 0) is 50.3 Å². The van der Waals surface area contributed by atoms with Crippen LogP contribution in [0.4, 0.5) is 0 Å². The third-order valence-electron chi connectivity index (χ3n) is 7.18. The third kappa shape index (κ3) is 4.67. The summed E-state index contributed by atoms with van der Waals surface area (Å²) >= 11 is 0. The molecule has 3 aliphatic rings. The number of hydrogen-bond donors (Lipinski definition) is 1. The summed E-state index contributed by atoms with van der Waals surface area (Å²) in [6.45, 7) is 5.02. The zero-order valence-corrected chi connectivity index (χ0v) is 18.3. The van der Waals surface area contributed by atoms with Crippen LogP contribution < -0.4 is 5.32 Å². The van der Waals surface area contributed by atoms with Crippen molar-refractivity contribution < 1.29 is 9.53 Å². The number of amides is 1. The molecule has 1 aromatic carbocycles. The van der Waals surface area contributed by atoms with Crippen LogP contribution in [0.1, 0.15) is 66.7 Å². The first-order chi connectivity index (χ1) is 15.2. The van der Waals surface area contributed by atoms with Crippen molar-refractivity contribution in [2.75, 3.05) is 19.6 Å². The average molecular weight is 424 g/mol. The van der Waals surface area contributed by atoms with Gasteiger partial charge in [0.25, 0.3) is 5.91 Å². The number of carbonyl (C=O) groups excluding carboxylic acids is 1. The molecule has 1 saturated heterocycles. The highest BCUT2D eigenvalue weighted by Gasteiger charge is 2.41. The van der Waals surface area contributed by atoms with Gasteiger partial charge in [0.2, 0.25) is 0 Å². The number of hydrogen-bond acceptors (Lipinski definition) is 5. The standard InChI is InChI=1S/C24H33N5O2/c30-23(20-10-5-2-6-11-20)25-14-21-22-16-31-24(18-29(22)27-26-21)12-7-13-28(17-24)15-19-8-3-1-4-9-19/h2,5-6,10-11,19H,1,3-4,7-9,12-18H2,(H,25,30). The summed E-state index contributed by atoms with van der Waals surface area (Å²) < 4.78 is 8.50. The Hall–Kier alpha value is -2.25. The molecule has 0 bridgehead atoms. The summed E-state index contributed by atoms with van der Waals surface area (Å²) in [6, 6.07) is 9.26. The van der Waals surface area contributed by atoms with E-state index in [0.717, 1.165) is 36.8 Å². The molecule has 1 saturated carbocycles. The van der Waals surface area contributed by atoms with Gasteiger partial charge in [0.15, 0.2) is 0 Å². The second kappa shape index (κ2) is 9.09. The fourth-order valence-corrected chi connectivity index (χ4v) is 5.51. The fourth-order valence-electron chi connectivity index (χ4n) is 5.51. The largest absolute Gasteiger partial charge is 0.365 e. The second-order valence-electron chi connectivity index (χ2n) is 9.50. The number of piperidine rings is 1. The molecule has 1 aliphatic carbocycles. The van der Waals surface area contributed by atoms with Crippen LogP contribution in [0.5, 0.6) is 0 Å². The van der Waals surface area contributed by atoms with Crippen LogP contribution in [0.15, 0.2) is 30.3 Å². The van der Waals surface area contributed by atoms with E-state index in [-0.39, 0.29) is 11.5 Å². The van der Waals surface area contributed by atoms with Gasteiger partial charge < -0.3 is 15.0 Å². The normalized spacial score (nSPS) is 24.8. The quantitative estimate of drug-likeness (QED) is 0.800. The lowest BCUT2D eigenvalue weighted by Gasteiger charge is -2.45. The maximum Gasteiger partial charge on any atom is 0.251 e. The van der Waals surface area contributed by atoms with Gasteiger partial charge in [-0.25, -0.2) is 4.68 Å². The molecular weight excluding hydrogens is 390 g/mol. The average Bonchev–Trinajstić information content (AvgIpc) is 3.20. The summed E-state index contributed by atoms with van der Waals surface area (Å²) in [7, 11) is 0. The van der Waals surface area contributed by atoms with E-state index in [1.54, 1.807) is 0 Å². The Morgan fingerprint density at radius 3 is 2.81 bits per heavy atom. The highest BCUT2D eigenvalue weighted by molar-refractivity contribution is 5.94. The number of fused-ring (bicyclic) bond motifs is 1. The predicted octanol–water partition coefficient (Wildman–Crippen LogP) is 3.15. The van der Waals surface area contributed by atoms with Crippen molar-refractivity contribution in [1.29, 1.82) is 0 Å². The highest BCUT2D eigenvalue weighted by atomic mass is 16.5. The highest BCUT2D eigenvalue weighted by Crippen LogP contribution is 2.34. The van der Waals surface area contributed by atoms with Crippen molar-refractivity contribution in [3.05, 3.63) is 47.3 Å². The minimum absolute atomic E-state index is 0.0961. The summed E-state index contributed by atoms with van der Waals surface area (Å²) in [4.78, 5) is 15.0. The van der Waals surface area contributed by atoms with E-state index in [4.69, 9.17) is 4.74 Å². The lowest BCUT2D eigenvalue weighted by Crippen LogP contribution is -2.55. The number of nitrogens with zero attached hydrogens (tertiary/aromatic N) is 4. The third-order valence-corrected chi connectivity index (χ3v) is 7.18. The molecule has 7 heteroatoms. The number of aromatic nitrogens is 3. The summed E-state index contributed by atoms with van der Waals surface area (Å²) in [5, 5.41) is 11.7. The van der Waals surface area contributed by atoms with Crippen molar-refractivity contribution in [3.8, 4) is 0 Å². The second-order valence-corrected chi connectivity index (χ2v) is 9.50. The molecular formula is C24H33N5O2. The van der Waals surface area contributed by atoms with Crippen LogP contribution in [-0.4, -0.2) is 51.0 Å². The molecule has 2 aromatic rings. The number of likely N-dealkylation sites (tertiary alicyclic amines) is 1. The predicted molar refractivity (Wildman–Crippen MR) is 117 cm³/mol. The van der Waals surface area contributed by atoms with Gasteiger partial charge in [0, 0.05) is 18.7 Å². The van der Waals surface area contributed by atoms with Crippen molar-refractivity contribution in [3.63, 3.8) is 0 Å². The van der Waals surface area contributed by atoms with E-state index in [1.807, 2.05) is 35.0 Å². The monoisotopic (exact) mass is 423 g/mol. The summed E-state index contributed by atoms with van der Waals surface area (Å²) in [6.07, 6.45) is 9.22. The number of rotatable bonds is 5.